The van der Waals surface area contributed by atoms with Crippen molar-refractivity contribution in [1.82, 2.24) is 10.2 Å². The van der Waals surface area contributed by atoms with E-state index in [4.69, 9.17) is 11.5 Å². The minimum atomic E-state index is -0.156. The normalized spacial score (nSPS) is 13.0. The number of rotatable bonds is 3. The van der Waals surface area contributed by atoms with Crippen molar-refractivity contribution in [2.75, 3.05) is 6.54 Å². The van der Waals surface area contributed by atoms with E-state index in [2.05, 4.69) is 10.2 Å². The summed E-state index contributed by atoms with van der Waals surface area (Å²) in [7, 11) is 0. The summed E-state index contributed by atoms with van der Waals surface area (Å²) in [6.07, 6.45) is 0. The van der Waals surface area contributed by atoms with Crippen LogP contribution in [0.15, 0.2) is 23.6 Å². The van der Waals surface area contributed by atoms with Gasteiger partial charge < -0.3 is 11.5 Å². The van der Waals surface area contributed by atoms with E-state index in [9.17, 15) is 0 Å². The number of thiophene rings is 1. The maximum atomic E-state index is 5.77. The number of aromatic amines is 1. The molecule has 2 rings (SSSR count). The molecule has 5 heteroatoms. The van der Waals surface area contributed by atoms with E-state index in [1.54, 1.807) is 11.3 Å². The summed E-state index contributed by atoms with van der Waals surface area (Å²) in [6, 6.07) is 5.82. The summed E-state index contributed by atoms with van der Waals surface area (Å²) in [5.41, 5.74) is 13.0. The highest BCUT2D eigenvalue weighted by atomic mass is 32.1. The molecule has 4 nitrogen and oxygen atoms in total. The van der Waals surface area contributed by atoms with Crippen molar-refractivity contribution >= 4 is 11.3 Å². The van der Waals surface area contributed by atoms with Gasteiger partial charge in [-0.05, 0) is 17.5 Å². The summed E-state index contributed by atoms with van der Waals surface area (Å²) in [5.74, 6) is 0. The molecule has 0 radical (unpaired) electrons. The van der Waals surface area contributed by atoms with Gasteiger partial charge in [0.25, 0.3) is 0 Å². The average Bonchev–Trinajstić information content (AvgIpc) is 2.86. The molecule has 2 aromatic heterocycles. The first kappa shape index (κ1) is 9.39. The van der Waals surface area contributed by atoms with Gasteiger partial charge in [-0.2, -0.15) is 5.10 Å². The molecule has 1 unspecified atom stereocenters. The zero-order valence-corrected chi connectivity index (χ0v) is 8.42. The predicted molar refractivity (Wildman–Crippen MR) is 57.9 cm³/mol. The molecule has 74 valence electrons. The van der Waals surface area contributed by atoms with Gasteiger partial charge in [0.2, 0.25) is 0 Å². The van der Waals surface area contributed by atoms with Crippen molar-refractivity contribution in [3.63, 3.8) is 0 Å². The van der Waals surface area contributed by atoms with Gasteiger partial charge in [0.05, 0.1) is 16.6 Å². The minimum Gasteiger partial charge on any atom is -0.329 e. The number of nitrogens with two attached hydrogens (primary N) is 2. The molecule has 1 atom stereocenters. The Labute approximate surface area is 85.9 Å². The molecule has 0 bridgehead atoms. The lowest BCUT2D eigenvalue weighted by atomic mass is 10.2. The Morgan fingerprint density at radius 2 is 2.43 bits per heavy atom. The molecule has 0 aliphatic heterocycles. The van der Waals surface area contributed by atoms with Crippen molar-refractivity contribution in [3.05, 3.63) is 29.3 Å². The van der Waals surface area contributed by atoms with Crippen molar-refractivity contribution in [2.24, 2.45) is 11.5 Å². The van der Waals surface area contributed by atoms with Crippen molar-refractivity contribution in [2.45, 2.75) is 6.04 Å². The van der Waals surface area contributed by atoms with Crippen LogP contribution >= 0.6 is 11.3 Å². The van der Waals surface area contributed by atoms with Crippen LogP contribution in [0.5, 0.6) is 0 Å². The number of nitrogens with zero attached hydrogens (tertiary/aromatic N) is 1. The van der Waals surface area contributed by atoms with Gasteiger partial charge >= 0.3 is 0 Å². The molecular weight excluding hydrogens is 196 g/mol. The second-order valence-electron chi connectivity index (χ2n) is 3.03. The van der Waals surface area contributed by atoms with E-state index in [0.29, 0.717) is 6.54 Å². The first-order chi connectivity index (χ1) is 6.81. The SMILES string of the molecule is NCC(N)c1cc(-c2cccs2)n[nH]1. The van der Waals surface area contributed by atoms with Crippen LogP contribution in [0.4, 0.5) is 0 Å². The van der Waals surface area contributed by atoms with Crippen LogP contribution in [0.2, 0.25) is 0 Å². The fourth-order valence-electron chi connectivity index (χ4n) is 1.20. The van der Waals surface area contributed by atoms with Crippen LogP contribution in [0, 0.1) is 0 Å². The number of hydrogen-bond donors (Lipinski definition) is 3. The predicted octanol–water partition coefficient (Wildman–Crippen LogP) is 1.10. The minimum absolute atomic E-state index is 0.156. The van der Waals surface area contributed by atoms with Crippen LogP contribution in [-0.2, 0) is 0 Å². The quantitative estimate of drug-likeness (QED) is 0.706. The smallest absolute Gasteiger partial charge is 0.102 e. The van der Waals surface area contributed by atoms with Gasteiger partial charge in [0.15, 0.2) is 0 Å². The van der Waals surface area contributed by atoms with Crippen molar-refractivity contribution in [3.8, 4) is 10.6 Å². The molecule has 2 aromatic rings. The lowest BCUT2D eigenvalue weighted by molar-refractivity contribution is 0.706. The van der Waals surface area contributed by atoms with E-state index in [-0.39, 0.29) is 6.04 Å². The molecule has 5 N–H and O–H groups in total. The van der Waals surface area contributed by atoms with Crippen LogP contribution in [0.1, 0.15) is 11.7 Å². The standard InChI is InChI=1S/C9H12N4S/c10-5-6(11)7-4-8(13-12-7)9-2-1-3-14-9/h1-4,6H,5,10-11H2,(H,12,13). The molecule has 0 aromatic carbocycles. The Kier molecular flexibility index (Phi) is 2.62. The largest absolute Gasteiger partial charge is 0.329 e. The highest BCUT2D eigenvalue weighted by Crippen LogP contribution is 2.23. The van der Waals surface area contributed by atoms with Gasteiger partial charge in [0.1, 0.15) is 5.69 Å². The molecule has 2 heterocycles. The fraction of sp³-hybridized carbons (Fsp3) is 0.222. The van der Waals surface area contributed by atoms with Crippen LogP contribution in [-0.4, -0.2) is 16.7 Å². The van der Waals surface area contributed by atoms with Crippen molar-refractivity contribution in [1.29, 1.82) is 0 Å². The van der Waals surface area contributed by atoms with Crippen LogP contribution < -0.4 is 11.5 Å². The molecule has 0 amide bonds. The third-order valence-electron chi connectivity index (χ3n) is 2.02. The van der Waals surface area contributed by atoms with Gasteiger partial charge in [-0.15, -0.1) is 11.3 Å². The summed E-state index contributed by atoms with van der Waals surface area (Å²) in [6.45, 7) is 0.423. The van der Waals surface area contributed by atoms with Gasteiger partial charge in [-0.3, -0.25) is 5.10 Å². The molecule has 0 fully saturated rings. The maximum Gasteiger partial charge on any atom is 0.102 e. The fourth-order valence-corrected chi connectivity index (χ4v) is 1.89. The Morgan fingerprint density at radius 3 is 3.07 bits per heavy atom. The lowest BCUT2D eigenvalue weighted by Gasteiger charge is -2.02. The molecule has 0 aliphatic carbocycles. The van der Waals surface area contributed by atoms with Gasteiger partial charge in [-0.1, -0.05) is 6.07 Å². The molecule has 14 heavy (non-hydrogen) atoms. The zero-order chi connectivity index (χ0) is 9.97. The van der Waals surface area contributed by atoms with Crippen molar-refractivity contribution < 1.29 is 0 Å². The highest BCUT2D eigenvalue weighted by molar-refractivity contribution is 7.13. The summed E-state index contributed by atoms with van der Waals surface area (Å²) >= 11 is 1.65. The summed E-state index contributed by atoms with van der Waals surface area (Å²) in [4.78, 5) is 1.14. The first-order valence-electron chi connectivity index (χ1n) is 4.36. The Balaban J connectivity index is 2.26. The second-order valence-corrected chi connectivity index (χ2v) is 3.98. The van der Waals surface area contributed by atoms with E-state index < -0.39 is 0 Å². The van der Waals surface area contributed by atoms with E-state index >= 15 is 0 Å². The second kappa shape index (κ2) is 3.91. The Hall–Kier alpha value is -1.17. The maximum absolute atomic E-state index is 5.77. The third-order valence-corrected chi connectivity index (χ3v) is 2.92. The molecule has 0 aliphatic rings. The van der Waals surface area contributed by atoms with Crippen LogP contribution in [0.25, 0.3) is 10.6 Å². The Morgan fingerprint density at radius 1 is 1.57 bits per heavy atom. The topological polar surface area (TPSA) is 80.7 Å². The monoisotopic (exact) mass is 208 g/mol. The van der Waals surface area contributed by atoms with Crippen LogP contribution in [0.3, 0.4) is 0 Å². The number of aromatic nitrogens is 2. The third kappa shape index (κ3) is 1.70. The first-order valence-corrected chi connectivity index (χ1v) is 5.24. The lowest BCUT2D eigenvalue weighted by Crippen LogP contribution is -2.20. The highest BCUT2D eigenvalue weighted by Gasteiger charge is 2.09. The zero-order valence-electron chi connectivity index (χ0n) is 7.60. The number of hydrogen-bond acceptors (Lipinski definition) is 4. The van der Waals surface area contributed by atoms with E-state index in [1.165, 1.54) is 0 Å². The number of H-pyrrole nitrogens is 1. The summed E-state index contributed by atoms with van der Waals surface area (Å²) in [5, 5.41) is 9.09. The van der Waals surface area contributed by atoms with Gasteiger partial charge in [-0.25, -0.2) is 0 Å². The van der Waals surface area contributed by atoms with E-state index in [1.807, 2.05) is 23.6 Å². The van der Waals surface area contributed by atoms with Gasteiger partial charge in [0, 0.05) is 6.54 Å². The Bertz CT molecular complexity index is 393. The molecule has 0 spiro atoms. The molecular formula is C9H12N4S. The summed E-state index contributed by atoms with van der Waals surface area (Å²) < 4.78 is 0. The van der Waals surface area contributed by atoms with E-state index in [0.717, 1.165) is 16.3 Å². The molecule has 0 saturated carbocycles. The number of nitrogens with one attached hydrogen (secondary N) is 1. The average molecular weight is 208 g/mol. The molecule has 0 saturated heterocycles.